The quantitative estimate of drug-likeness (QED) is 0.797. The number of halogens is 3. The summed E-state index contributed by atoms with van der Waals surface area (Å²) in [4.78, 5) is 20.0. The Kier molecular flexibility index (Phi) is 7.14. The van der Waals surface area contributed by atoms with Crippen molar-refractivity contribution in [3.63, 3.8) is 0 Å². The monoisotopic (exact) mass is 415 g/mol. The Morgan fingerprint density at radius 3 is 2.65 bits per heavy atom. The van der Waals surface area contributed by atoms with Crippen molar-refractivity contribution in [2.24, 2.45) is 5.73 Å². The van der Waals surface area contributed by atoms with Gasteiger partial charge in [0.2, 0.25) is 0 Å². The Balaban J connectivity index is 0.00000121. The Morgan fingerprint density at radius 2 is 1.96 bits per heavy atom. The van der Waals surface area contributed by atoms with Gasteiger partial charge in [0, 0.05) is 41.2 Å². The van der Waals surface area contributed by atoms with Gasteiger partial charge < -0.3 is 10.6 Å². The number of piperidine rings is 1. The van der Waals surface area contributed by atoms with Crippen LogP contribution in [0.5, 0.6) is 0 Å². The zero-order chi connectivity index (χ0) is 16.7. The molecule has 2 heterocycles. The minimum Gasteiger partial charge on any atom is -0.334 e. The first-order chi connectivity index (χ1) is 11.7. The maximum absolute atomic E-state index is 13.3. The fourth-order valence-corrected chi connectivity index (χ4v) is 3.82. The summed E-state index contributed by atoms with van der Waals surface area (Å²) in [6, 6.07) is 7.73. The number of carbonyl (C=O) groups is 1. The molecule has 2 aliphatic rings. The van der Waals surface area contributed by atoms with Crippen LogP contribution in [0, 0.1) is 0 Å². The Bertz CT molecular complexity index is 795. The van der Waals surface area contributed by atoms with Crippen LogP contribution in [0.4, 0.5) is 0 Å². The number of hydrogen-bond donors (Lipinski definition) is 1. The van der Waals surface area contributed by atoms with Gasteiger partial charge in [-0.25, -0.2) is 0 Å². The molecular weight excluding hydrogens is 393 g/mol. The van der Waals surface area contributed by atoms with Crippen molar-refractivity contribution in [2.45, 2.75) is 44.1 Å². The number of nitrogens with two attached hydrogens (primary N) is 1. The van der Waals surface area contributed by atoms with Crippen LogP contribution in [0.15, 0.2) is 24.3 Å². The second-order valence-electron chi connectivity index (χ2n) is 6.91. The molecule has 1 saturated heterocycles. The molecule has 4 rings (SSSR count). The van der Waals surface area contributed by atoms with Crippen LogP contribution in [-0.2, 0) is 0 Å². The van der Waals surface area contributed by atoms with Crippen LogP contribution >= 0.6 is 36.4 Å². The normalized spacial score (nSPS) is 19.6. The molecule has 1 aromatic carbocycles. The second kappa shape index (κ2) is 8.75. The maximum atomic E-state index is 13.3. The molecule has 7 heteroatoms. The van der Waals surface area contributed by atoms with E-state index in [0.29, 0.717) is 17.5 Å². The van der Waals surface area contributed by atoms with E-state index in [1.807, 2.05) is 29.2 Å². The molecule has 1 unspecified atom stereocenters. The SMILES string of the molecule is Cl.Cl.NCC1CCCCN1C(=O)c1cc(C2CC2)nc2ccc(Cl)cc12. The number of fused-ring (bicyclic) bond motifs is 1. The minimum absolute atomic E-state index is 0. The number of carbonyl (C=O) groups excluding carboxylic acids is 1. The number of nitrogens with zero attached hydrogens (tertiary/aromatic N) is 2. The molecule has 1 aliphatic carbocycles. The van der Waals surface area contributed by atoms with Crippen LogP contribution in [-0.4, -0.2) is 34.9 Å². The lowest BCUT2D eigenvalue weighted by molar-refractivity contribution is 0.0625. The van der Waals surface area contributed by atoms with E-state index in [4.69, 9.17) is 22.3 Å². The van der Waals surface area contributed by atoms with Crippen molar-refractivity contribution in [1.82, 2.24) is 9.88 Å². The molecule has 0 radical (unpaired) electrons. The van der Waals surface area contributed by atoms with Crippen LogP contribution in [0.1, 0.15) is 54.1 Å². The average Bonchev–Trinajstić information content (AvgIpc) is 3.45. The first kappa shape index (κ1) is 21.2. The van der Waals surface area contributed by atoms with E-state index in [9.17, 15) is 4.79 Å². The van der Waals surface area contributed by atoms with Gasteiger partial charge in [-0.15, -0.1) is 24.8 Å². The summed E-state index contributed by atoms with van der Waals surface area (Å²) < 4.78 is 0. The van der Waals surface area contributed by atoms with Crippen molar-refractivity contribution in [2.75, 3.05) is 13.1 Å². The molecule has 0 bridgehead atoms. The Labute approximate surface area is 171 Å². The van der Waals surface area contributed by atoms with E-state index >= 15 is 0 Å². The van der Waals surface area contributed by atoms with Crippen LogP contribution in [0.2, 0.25) is 5.02 Å². The standard InChI is InChI=1S/C19H22ClN3O.2ClH/c20-13-6-7-17-15(9-13)16(10-18(22-17)12-4-5-12)19(24)23-8-2-1-3-14(23)11-21;;/h6-7,9-10,12,14H,1-5,8,11,21H2;2*1H. The van der Waals surface area contributed by atoms with Gasteiger partial charge in [-0.2, -0.15) is 0 Å². The molecule has 4 nitrogen and oxygen atoms in total. The van der Waals surface area contributed by atoms with E-state index in [2.05, 4.69) is 0 Å². The predicted octanol–water partition coefficient (Wildman–Crippen LogP) is 4.56. The Hall–Kier alpha value is -1.07. The summed E-state index contributed by atoms with van der Waals surface area (Å²) in [6.07, 6.45) is 5.49. The third kappa shape index (κ3) is 4.09. The van der Waals surface area contributed by atoms with Gasteiger partial charge in [-0.1, -0.05) is 11.6 Å². The molecule has 1 atom stereocenters. The first-order valence-corrected chi connectivity index (χ1v) is 9.16. The van der Waals surface area contributed by atoms with Gasteiger partial charge in [0.05, 0.1) is 11.1 Å². The van der Waals surface area contributed by atoms with Gasteiger partial charge in [0.25, 0.3) is 5.91 Å². The number of hydrogen-bond acceptors (Lipinski definition) is 3. The highest BCUT2D eigenvalue weighted by Gasteiger charge is 2.30. The number of benzene rings is 1. The zero-order valence-corrected chi connectivity index (χ0v) is 16.9. The molecule has 1 aliphatic heterocycles. The highest BCUT2D eigenvalue weighted by Crippen LogP contribution is 2.40. The van der Waals surface area contributed by atoms with Gasteiger partial charge in [-0.05, 0) is 56.4 Å². The van der Waals surface area contributed by atoms with Gasteiger partial charge in [-0.3, -0.25) is 9.78 Å². The number of likely N-dealkylation sites (tertiary alicyclic amines) is 1. The van der Waals surface area contributed by atoms with E-state index in [-0.39, 0.29) is 36.8 Å². The van der Waals surface area contributed by atoms with E-state index in [0.717, 1.165) is 60.8 Å². The number of pyridine rings is 1. The highest BCUT2D eigenvalue weighted by atomic mass is 35.5. The van der Waals surface area contributed by atoms with E-state index in [1.54, 1.807) is 0 Å². The fraction of sp³-hybridized carbons (Fsp3) is 0.474. The van der Waals surface area contributed by atoms with E-state index < -0.39 is 0 Å². The zero-order valence-electron chi connectivity index (χ0n) is 14.5. The first-order valence-electron chi connectivity index (χ1n) is 8.78. The molecule has 1 amide bonds. The summed E-state index contributed by atoms with van der Waals surface area (Å²) in [5.74, 6) is 0.574. The van der Waals surface area contributed by atoms with Crippen molar-refractivity contribution in [3.05, 3.63) is 40.5 Å². The maximum Gasteiger partial charge on any atom is 0.254 e. The van der Waals surface area contributed by atoms with Crippen molar-refractivity contribution in [3.8, 4) is 0 Å². The molecule has 2 fully saturated rings. The molecule has 2 aromatic rings. The number of amides is 1. The summed E-state index contributed by atoms with van der Waals surface area (Å²) >= 11 is 6.18. The Morgan fingerprint density at radius 1 is 1.19 bits per heavy atom. The minimum atomic E-state index is 0. The summed E-state index contributed by atoms with van der Waals surface area (Å²) in [5, 5.41) is 1.48. The molecule has 2 N–H and O–H groups in total. The molecule has 0 spiro atoms. The van der Waals surface area contributed by atoms with Gasteiger partial charge in [0.15, 0.2) is 0 Å². The van der Waals surface area contributed by atoms with Gasteiger partial charge in [0.1, 0.15) is 0 Å². The second-order valence-corrected chi connectivity index (χ2v) is 7.35. The van der Waals surface area contributed by atoms with Gasteiger partial charge >= 0.3 is 0 Å². The predicted molar refractivity (Wildman–Crippen MR) is 111 cm³/mol. The molecule has 1 saturated carbocycles. The molecule has 1 aromatic heterocycles. The highest BCUT2D eigenvalue weighted by molar-refractivity contribution is 6.31. The largest absolute Gasteiger partial charge is 0.334 e. The summed E-state index contributed by atoms with van der Waals surface area (Å²) in [5.41, 5.74) is 8.53. The topological polar surface area (TPSA) is 59.2 Å². The molecule has 26 heavy (non-hydrogen) atoms. The lowest BCUT2D eigenvalue weighted by atomic mass is 9.99. The fourth-order valence-electron chi connectivity index (χ4n) is 3.65. The van der Waals surface area contributed by atoms with Crippen LogP contribution < -0.4 is 5.73 Å². The summed E-state index contributed by atoms with van der Waals surface area (Å²) in [6.45, 7) is 1.30. The number of aromatic nitrogens is 1. The van der Waals surface area contributed by atoms with E-state index in [1.165, 1.54) is 0 Å². The van der Waals surface area contributed by atoms with Crippen molar-refractivity contribution < 1.29 is 4.79 Å². The average molecular weight is 417 g/mol. The molecule has 142 valence electrons. The third-order valence-electron chi connectivity index (χ3n) is 5.18. The van der Waals surface area contributed by atoms with Crippen molar-refractivity contribution in [1.29, 1.82) is 0 Å². The lowest BCUT2D eigenvalue weighted by Gasteiger charge is -2.35. The lowest BCUT2D eigenvalue weighted by Crippen LogP contribution is -2.47. The smallest absolute Gasteiger partial charge is 0.254 e. The molecular formula is C19H24Cl3N3O. The van der Waals surface area contributed by atoms with Crippen LogP contribution in [0.25, 0.3) is 10.9 Å². The third-order valence-corrected chi connectivity index (χ3v) is 5.41. The van der Waals surface area contributed by atoms with Crippen molar-refractivity contribution >= 4 is 53.2 Å². The summed E-state index contributed by atoms with van der Waals surface area (Å²) in [7, 11) is 0. The number of rotatable bonds is 3. The van der Waals surface area contributed by atoms with Crippen LogP contribution in [0.3, 0.4) is 0 Å².